The van der Waals surface area contributed by atoms with E-state index in [1.807, 2.05) is 26.8 Å². The number of hydrogen-bond acceptors (Lipinski definition) is 5. The Balaban J connectivity index is 2.06. The van der Waals surface area contributed by atoms with Gasteiger partial charge in [0.15, 0.2) is 0 Å². The highest BCUT2D eigenvalue weighted by atomic mass is 16.7. The fourth-order valence-corrected chi connectivity index (χ4v) is 2.31. The largest absolute Gasteiger partial charge is 0.513 e. The lowest BCUT2D eigenvalue weighted by Crippen LogP contribution is -2.16. The van der Waals surface area contributed by atoms with Crippen LogP contribution in [0.2, 0.25) is 0 Å². The highest BCUT2D eigenvalue weighted by Crippen LogP contribution is 2.23. The first-order valence-corrected chi connectivity index (χ1v) is 9.53. The molecule has 2 aromatic rings. The van der Waals surface area contributed by atoms with Crippen LogP contribution in [0.15, 0.2) is 60.7 Å². The number of carbonyl (C=O) groups is 3. The van der Waals surface area contributed by atoms with Crippen LogP contribution in [0.1, 0.15) is 38.1 Å². The Labute approximate surface area is 176 Å². The summed E-state index contributed by atoms with van der Waals surface area (Å²) in [6.07, 6.45) is 2.48. The molecule has 0 aromatic heterocycles. The molecule has 7 heteroatoms. The van der Waals surface area contributed by atoms with E-state index in [2.05, 4.69) is 10.6 Å². The summed E-state index contributed by atoms with van der Waals surface area (Å²) in [6.45, 7) is 7.87. The van der Waals surface area contributed by atoms with Crippen LogP contribution in [0.3, 0.4) is 0 Å². The molecule has 0 aliphatic rings. The molecule has 0 bridgehead atoms. The van der Waals surface area contributed by atoms with Gasteiger partial charge in [-0.05, 0) is 54.8 Å². The van der Waals surface area contributed by atoms with Crippen molar-refractivity contribution in [2.75, 3.05) is 17.2 Å². The predicted molar refractivity (Wildman–Crippen MR) is 116 cm³/mol. The van der Waals surface area contributed by atoms with E-state index in [-0.39, 0.29) is 29.6 Å². The molecule has 158 valence electrons. The topological polar surface area (TPSA) is 93.7 Å². The molecule has 0 unspecified atom stereocenters. The lowest BCUT2D eigenvalue weighted by atomic mass is 9.96. The average molecular weight is 410 g/mol. The fraction of sp³-hybridized carbons (Fsp3) is 0.261. The summed E-state index contributed by atoms with van der Waals surface area (Å²) >= 11 is 0. The van der Waals surface area contributed by atoms with Crippen molar-refractivity contribution in [2.24, 2.45) is 5.41 Å². The van der Waals surface area contributed by atoms with Crippen molar-refractivity contribution in [1.29, 1.82) is 0 Å². The maximum absolute atomic E-state index is 12.6. The summed E-state index contributed by atoms with van der Waals surface area (Å²) in [5.41, 5.74) is 1.19. The molecule has 0 aliphatic heterocycles. The molecule has 0 saturated carbocycles. The van der Waals surface area contributed by atoms with E-state index in [4.69, 9.17) is 9.47 Å². The zero-order valence-corrected chi connectivity index (χ0v) is 17.5. The number of nitrogens with one attached hydrogen (secondary N) is 2. The van der Waals surface area contributed by atoms with Gasteiger partial charge in [-0.2, -0.15) is 0 Å². The van der Waals surface area contributed by atoms with E-state index in [1.165, 1.54) is 30.3 Å². The van der Waals surface area contributed by atoms with Gasteiger partial charge in [-0.1, -0.05) is 39.0 Å². The summed E-state index contributed by atoms with van der Waals surface area (Å²) in [7, 11) is 0. The smallest absolute Gasteiger partial charge is 0.434 e. The zero-order valence-electron chi connectivity index (χ0n) is 17.5. The minimum absolute atomic E-state index is 0.117. The number of hydrogen-bond donors (Lipinski definition) is 2. The number of allylic oxidation sites excluding steroid dienone is 1. The van der Waals surface area contributed by atoms with Gasteiger partial charge in [0, 0.05) is 5.56 Å². The van der Waals surface area contributed by atoms with E-state index in [0.29, 0.717) is 16.9 Å². The standard InChI is InChI=1S/C23H26N2O5/c1-5-29-22(28)30-17-12-10-16(11-13-17)21(27)25-19-9-7-6-8-18(19)24-20(26)14-15-23(2,3)4/h6-15H,5H2,1-4H3,(H,24,26)(H,25,27)/b15-14+. The number of para-hydroxylation sites is 2. The molecule has 2 amide bonds. The van der Waals surface area contributed by atoms with Crippen molar-refractivity contribution >= 4 is 29.3 Å². The van der Waals surface area contributed by atoms with Gasteiger partial charge in [0.2, 0.25) is 5.91 Å². The number of anilines is 2. The van der Waals surface area contributed by atoms with Gasteiger partial charge in [0.25, 0.3) is 5.91 Å². The molecule has 0 atom stereocenters. The van der Waals surface area contributed by atoms with Crippen LogP contribution in [-0.4, -0.2) is 24.6 Å². The Morgan fingerprint density at radius 2 is 1.53 bits per heavy atom. The second-order valence-corrected chi connectivity index (χ2v) is 7.50. The Hall–Kier alpha value is -3.61. The molecule has 0 saturated heterocycles. The van der Waals surface area contributed by atoms with Crippen molar-refractivity contribution in [3.05, 3.63) is 66.2 Å². The van der Waals surface area contributed by atoms with Gasteiger partial charge < -0.3 is 20.1 Å². The van der Waals surface area contributed by atoms with Gasteiger partial charge in [0.1, 0.15) is 5.75 Å². The molecule has 2 aromatic carbocycles. The van der Waals surface area contributed by atoms with Crippen molar-refractivity contribution in [3.63, 3.8) is 0 Å². The third kappa shape index (κ3) is 7.43. The molecule has 0 heterocycles. The van der Waals surface area contributed by atoms with E-state index in [1.54, 1.807) is 31.2 Å². The molecule has 7 nitrogen and oxygen atoms in total. The highest BCUT2D eigenvalue weighted by Gasteiger charge is 2.12. The number of rotatable bonds is 6. The average Bonchev–Trinajstić information content (AvgIpc) is 2.68. The normalized spacial score (nSPS) is 11.1. The summed E-state index contributed by atoms with van der Waals surface area (Å²) in [5, 5.41) is 5.55. The monoisotopic (exact) mass is 410 g/mol. The van der Waals surface area contributed by atoms with Gasteiger partial charge in [-0.3, -0.25) is 9.59 Å². The Morgan fingerprint density at radius 1 is 0.933 bits per heavy atom. The minimum atomic E-state index is -0.806. The van der Waals surface area contributed by atoms with Crippen LogP contribution in [0, 0.1) is 5.41 Å². The maximum atomic E-state index is 12.6. The first-order chi connectivity index (χ1) is 14.2. The summed E-state index contributed by atoms with van der Waals surface area (Å²) in [6, 6.07) is 13.0. The Morgan fingerprint density at radius 3 is 2.10 bits per heavy atom. The van der Waals surface area contributed by atoms with Gasteiger partial charge in [-0.25, -0.2) is 4.79 Å². The van der Waals surface area contributed by atoms with E-state index >= 15 is 0 Å². The second kappa shape index (κ2) is 10.2. The molecule has 0 radical (unpaired) electrons. The van der Waals surface area contributed by atoms with Crippen molar-refractivity contribution < 1.29 is 23.9 Å². The first kappa shape index (κ1) is 22.7. The molecular weight excluding hydrogens is 384 g/mol. The number of ether oxygens (including phenoxy) is 2. The van der Waals surface area contributed by atoms with Gasteiger partial charge in [0.05, 0.1) is 18.0 Å². The summed E-state index contributed by atoms with van der Waals surface area (Å²) in [5.74, 6) is -0.389. The quantitative estimate of drug-likeness (QED) is 0.396. The summed E-state index contributed by atoms with van der Waals surface area (Å²) < 4.78 is 9.67. The molecule has 0 spiro atoms. The molecule has 30 heavy (non-hydrogen) atoms. The van der Waals surface area contributed by atoms with Crippen molar-refractivity contribution in [1.82, 2.24) is 0 Å². The van der Waals surface area contributed by atoms with E-state index < -0.39 is 6.16 Å². The molecule has 2 rings (SSSR count). The Bertz CT molecular complexity index is 927. The lowest BCUT2D eigenvalue weighted by Gasteiger charge is -2.13. The third-order valence-corrected chi connectivity index (χ3v) is 3.75. The Kier molecular flexibility index (Phi) is 7.75. The molecule has 0 fully saturated rings. The number of amides is 2. The van der Waals surface area contributed by atoms with Crippen LogP contribution in [-0.2, 0) is 9.53 Å². The number of benzene rings is 2. The van der Waals surface area contributed by atoms with E-state index in [9.17, 15) is 14.4 Å². The number of carbonyl (C=O) groups excluding carboxylic acids is 3. The zero-order chi connectivity index (χ0) is 22.1. The van der Waals surface area contributed by atoms with Crippen LogP contribution in [0.5, 0.6) is 5.75 Å². The SMILES string of the molecule is CCOC(=O)Oc1ccc(C(=O)Nc2ccccc2NC(=O)/C=C/C(C)(C)C)cc1. The van der Waals surface area contributed by atoms with Gasteiger partial charge in [-0.15, -0.1) is 0 Å². The minimum Gasteiger partial charge on any atom is -0.434 e. The van der Waals surface area contributed by atoms with E-state index in [0.717, 1.165) is 0 Å². The lowest BCUT2D eigenvalue weighted by molar-refractivity contribution is -0.112. The summed E-state index contributed by atoms with van der Waals surface area (Å²) in [4.78, 5) is 36.1. The van der Waals surface area contributed by atoms with Crippen LogP contribution < -0.4 is 15.4 Å². The van der Waals surface area contributed by atoms with Crippen molar-refractivity contribution in [2.45, 2.75) is 27.7 Å². The predicted octanol–water partition coefficient (Wildman–Crippen LogP) is 5.02. The molecule has 0 aliphatic carbocycles. The van der Waals surface area contributed by atoms with Crippen molar-refractivity contribution in [3.8, 4) is 5.75 Å². The van der Waals surface area contributed by atoms with Crippen LogP contribution >= 0.6 is 0 Å². The third-order valence-electron chi connectivity index (χ3n) is 3.75. The maximum Gasteiger partial charge on any atom is 0.513 e. The van der Waals surface area contributed by atoms with Gasteiger partial charge >= 0.3 is 6.16 Å². The van der Waals surface area contributed by atoms with Crippen LogP contribution in [0.4, 0.5) is 16.2 Å². The second-order valence-electron chi connectivity index (χ2n) is 7.50. The first-order valence-electron chi connectivity index (χ1n) is 9.53. The molecule has 2 N–H and O–H groups in total. The van der Waals surface area contributed by atoms with Crippen LogP contribution in [0.25, 0.3) is 0 Å². The molecular formula is C23H26N2O5. The fourth-order valence-electron chi connectivity index (χ4n) is 2.31. The highest BCUT2D eigenvalue weighted by molar-refractivity contribution is 6.08.